The molecule has 0 amide bonds. The standard InChI is InChI=1S/C31H29ClN4O3/c1-21-30(32)35(20-33-21)27-14-10-22(18-28(27)38-3)11-15-29-34-39-31(17-16-24-6-4-5-7-26(24)31)36(29)19-23-8-12-25(37-2)13-9-23/h4-15,18,20H,16-17,19H2,1-3H3. The molecular formula is C31H29ClN4O3. The molecule has 0 radical (unpaired) electrons. The minimum absolute atomic E-state index is 0.561. The molecule has 3 aromatic carbocycles. The Bertz CT molecular complexity index is 1580. The van der Waals surface area contributed by atoms with Gasteiger partial charge in [0.05, 0.1) is 25.6 Å². The fourth-order valence-electron chi connectivity index (χ4n) is 5.34. The lowest BCUT2D eigenvalue weighted by Crippen LogP contribution is -2.43. The van der Waals surface area contributed by atoms with E-state index in [1.54, 1.807) is 20.5 Å². The summed E-state index contributed by atoms with van der Waals surface area (Å²) in [7, 11) is 3.33. The molecule has 1 unspecified atom stereocenters. The summed E-state index contributed by atoms with van der Waals surface area (Å²) in [4.78, 5) is 12.8. The topological polar surface area (TPSA) is 61.1 Å². The zero-order valence-corrected chi connectivity index (χ0v) is 22.9. The molecule has 6 rings (SSSR count). The molecule has 1 spiro atoms. The van der Waals surface area contributed by atoms with Crippen molar-refractivity contribution in [1.29, 1.82) is 0 Å². The van der Waals surface area contributed by atoms with Crippen molar-refractivity contribution in [3.05, 3.63) is 112 Å². The minimum atomic E-state index is -0.631. The number of aryl methyl sites for hydroxylation is 2. The normalized spacial score (nSPS) is 17.9. The Morgan fingerprint density at radius 1 is 1.03 bits per heavy atom. The van der Waals surface area contributed by atoms with Crippen LogP contribution in [-0.2, 0) is 23.5 Å². The first-order valence-electron chi connectivity index (χ1n) is 12.8. The molecule has 198 valence electrons. The number of amidine groups is 1. The van der Waals surface area contributed by atoms with E-state index in [0.717, 1.165) is 46.9 Å². The molecule has 0 saturated carbocycles. The van der Waals surface area contributed by atoms with Crippen LogP contribution in [0.15, 0.2) is 84.3 Å². The second kappa shape index (κ2) is 10.2. The van der Waals surface area contributed by atoms with E-state index < -0.39 is 5.72 Å². The molecular weight excluding hydrogens is 512 g/mol. The zero-order chi connectivity index (χ0) is 27.0. The van der Waals surface area contributed by atoms with Gasteiger partial charge in [-0.15, -0.1) is 0 Å². The van der Waals surface area contributed by atoms with E-state index in [2.05, 4.69) is 51.4 Å². The van der Waals surface area contributed by atoms with E-state index in [0.29, 0.717) is 17.4 Å². The Morgan fingerprint density at radius 3 is 2.59 bits per heavy atom. The number of oxime groups is 1. The number of rotatable bonds is 7. The number of halogens is 1. The highest BCUT2D eigenvalue weighted by atomic mass is 35.5. The minimum Gasteiger partial charge on any atom is -0.497 e. The van der Waals surface area contributed by atoms with Gasteiger partial charge >= 0.3 is 0 Å². The maximum atomic E-state index is 6.44. The van der Waals surface area contributed by atoms with E-state index >= 15 is 0 Å². The zero-order valence-electron chi connectivity index (χ0n) is 22.1. The molecule has 2 aliphatic rings. The quantitative estimate of drug-likeness (QED) is 0.267. The highest BCUT2D eigenvalue weighted by molar-refractivity contribution is 6.30. The number of methoxy groups -OCH3 is 2. The third kappa shape index (κ3) is 4.42. The van der Waals surface area contributed by atoms with Gasteiger partial charge in [0.25, 0.3) is 0 Å². The molecule has 1 aromatic heterocycles. The van der Waals surface area contributed by atoms with Gasteiger partial charge in [0.15, 0.2) is 5.84 Å². The predicted octanol–water partition coefficient (Wildman–Crippen LogP) is 6.51. The summed E-state index contributed by atoms with van der Waals surface area (Å²) in [5, 5.41) is 5.15. The molecule has 1 aliphatic heterocycles. The van der Waals surface area contributed by atoms with Gasteiger partial charge in [-0.3, -0.25) is 4.57 Å². The Balaban J connectivity index is 1.32. The lowest BCUT2D eigenvalue weighted by molar-refractivity contribution is -0.107. The van der Waals surface area contributed by atoms with Gasteiger partial charge in [0.2, 0.25) is 5.72 Å². The molecule has 0 saturated heterocycles. The van der Waals surface area contributed by atoms with E-state index in [1.165, 1.54) is 11.1 Å². The average molecular weight is 541 g/mol. The average Bonchev–Trinajstić information content (AvgIpc) is 3.64. The van der Waals surface area contributed by atoms with Crippen molar-refractivity contribution in [2.24, 2.45) is 5.16 Å². The van der Waals surface area contributed by atoms with Crippen molar-refractivity contribution >= 4 is 23.5 Å². The van der Waals surface area contributed by atoms with Crippen molar-refractivity contribution in [3.63, 3.8) is 0 Å². The highest BCUT2D eigenvalue weighted by Crippen LogP contribution is 2.46. The highest BCUT2D eigenvalue weighted by Gasteiger charge is 2.51. The first-order valence-corrected chi connectivity index (χ1v) is 13.2. The lowest BCUT2D eigenvalue weighted by atomic mass is 10.0. The lowest BCUT2D eigenvalue weighted by Gasteiger charge is -2.34. The van der Waals surface area contributed by atoms with E-state index in [4.69, 9.17) is 25.9 Å². The van der Waals surface area contributed by atoms with E-state index in [-0.39, 0.29) is 0 Å². The molecule has 4 aromatic rings. The van der Waals surface area contributed by atoms with Gasteiger partial charge in [0.1, 0.15) is 23.0 Å². The smallest absolute Gasteiger partial charge is 0.238 e. The van der Waals surface area contributed by atoms with Crippen LogP contribution in [0.3, 0.4) is 0 Å². The summed E-state index contributed by atoms with van der Waals surface area (Å²) < 4.78 is 12.9. The van der Waals surface area contributed by atoms with Crippen LogP contribution in [-0.4, -0.2) is 34.5 Å². The molecule has 2 heterocycles. The van der Waals surface area contributed by atoms with Crippen LogP contribution in [0.1, 0.15) is 34.4 Å². The maximum absolute atomic E-state index is 6.44. The monoisotopic (exact) mass is 540 g/mol. The third-order valence-electron chi connectivity index (χ3n) is 7.44. The SMILES string of the molecule is COc1ccc(CN2C(C=Cc3ccc(-n4cnc(C)c4Cl)c(OC)c3)=NOC23CCc2ccccc23)cc1. The summed E-state index contributed by atoms with van der Waals surface area (Å²) in [6.07, 6.45) is 7.50. The van der Waals surface area contributed by atoms with Crippen LogP contribution >= 0.6 is 11.6 Å². The fraction of sp³-hybridized carbons (Fsp3) is 0.226. The first-order chi connectivity index (χ1) is 19.0. The maximum Gasteiger partial charge on any atom is 0.238 e. The summed E-state index contributed by atoms with van der Waals surface area (Å²) in [5.74, 6) is 2.28. The predicted molar refractivity (Wildman–Crippen MR) is 152 cm³/mol. The first kappa shape index (κ1) is 25.1. The Morgan fingerprint density at radius 2 is 1.85 bits per heavy atom. The van der Waals surface area contributed by atoms with Crippen LogP contribution in [0, 0.1) is 6.92 Å². The van der Waals surface area contributed by atoms with Gasteiger partial charge in [-0.25, -0.2) is 4.98 Å². The van der Waals surface area contributed by atoms with Gasteiger partial charge in [-0.2, -0.15) is 0 Å². The molecule has 0 fully saturated rings. The number of imidazole rings is 1. The molecule has 0 N–H and O–H groups in total. The summed E-state index contributed by atoms with van der Waals surface area (Å²) in [6, 6.07) is 22.6. The van der Waals surface area contributed by atoms with Crippen LogP contribution in [0.2, 0.25) is 5.15 Å². The number of benzene rings is 3. The number of fused-ring (bicyclic) bond motifs is 2. The molecule has 8 heteroatoms. The summed E-state index contributed by atoms with van der Waals surface area (Å²) >= 11 is 6.44. The van der Waals surface area contributed by atoms with Gasteiger partial charge < -0.3 is 19.2 Å². The number of hydrogen-bond donors (Lipinski definition) is 0. The van der Waals surface area contributed by atoms with Gasteiger partial charge in [-0.05, 0) is 60.4 Å². The molecule has 1 atom stereocenters. The second-order valence-corrected chi connectivity index (χ2v) is 10.0. The molecule has 7 nitrogen and oxygen atoms in total. The van der Waals surface area contributed by atoms with Crippen molar-refractivity contribution in [1.82, 2.24) is 14.5 Å². The van der Waals surface area contributed by atoms with Gasteiger partial charge in [0, 0.05) is 18.5 Å². The molecule has 39 heavy (non-hydrogen) atoms. The summed E-state index contributed by atoms with van der Waals surface area (Å²) in [6.45, 7) is 2.52. The Hall–Kier alpha value is -4.23. The number of nitrogens with zero attached hydrogens (tertiary/aromatic N) is 4. The summed E-state index contributed by atoms with van der Waals surface area (Å²) in [5.41, 5.74) is 5.53. The Kier molecular flexibility index (Phi) is 6.53. The van der Waals surface area contributed by atoms with Crippen LogP contribution in [0.5, 0.6) is 11.5 Å². The molecule has 0 bridgehead atoms. The van der Waals surface area contributed by atoms with E-state index in [9.17, 15) is 0 Å². The Labute approximate surface area is 232 Å². The number of hydrogen-bond acceptors (Lipinski definition) is 6. The van der Waals surface area contributed by atoms with Crippen molar-refractivity contribution in [2.75, 3.05) is 14.2 Å². The van der Waals surface area contributed by atoms with Crippen LogP contribution in [0.4, 0.5) is 0 Å². The van der Waals surface area contributed by atoms with Crippen molar-refractivity contribution < 1.29 is 14.3 Å². The second-order valence-electron chi connectivity index (χ2n) is 9.67. The van der Waals surface area contributed by atoms with Gasteiger partial charge in [-0.1, -0.05) is 65.3 Å². The number of aromatic nitrogens is 2. The largest absolute Gasteiger partial charge is 0.497 e. The van der Waals surface area contributed by atoms with Crippen molar-refractivity contribution in [2.45, 2.75) is 32.0 Å². The third-order valence-corrected chi connectivity index (χ3v) is 7.89. The van der Waals surface area contributed by atoms with Crippen molar-refractivity contribution in [3.8, 4) is 17.2 Å². The number of ether oxygens (including phenoxy) is 2. The van der Waals surface area contributed by atoms with E-state index in [1.807, 2.05) is 54.0 Å². The molecule has 1 aliphatic carbocycles. The fourth-order valence-corrected chi connectivity index (χ4v) is 5.52. The van der Waals surface area contributed by atoms with Crippen LogP contribution < -0.4 is 9.47 Å². The van der Waals surface area contributed by atoms with Crippen LogP contribution in [0.25, 0.3) is 11.8 Å².